The second-order valence-corrected chi connectivity index (χ2v) is 8.29. The van der Waals surface area contributed by atoms with Gasteiger partial charge in [-0.3, -0.25) is 24.5 Å². The molecule has 10 nitrogen and oxygen atoms in total. The van der Waals surface area contributed by atoms with E-state index in [1.165, 1.54) is 28.6 Å². The van der Waals surface area contributed by atoms with Gasteiger partial charge in [0.2, 0.25) is 11.8 Å². The number of thiazole rings is 1. The summed E-state index contributed by atoms with van der Waals surface area (Å²) >= 11 is 1.20. The Hall–Kier alpha value is -3.21. The Labute approximate surface area is 189 Å². The van der Waals surface area contributed by atoms with Gasteiger partial charge in [-0.25, -0.2) is 4.98 Å². The lowest BCUT2D eigenvalue weighted by Gasteiger charge is -2.32. The molecule has 1 fully saturated rings. The van der Waals surface area contributed by atoms with Crippen LogP contribution >= 0.6 is 11.3 Å². The summed E-state index contributed by atoms with van der Waals surface area (Å²) in [5.41, 5.74) is 0.495. The molecule has 3 rings (SSSR count). The molecule has 1 atom stereocenters. The van der Waals surface area contributed by atoms with Crippen molar-refractivity contribution >= 4 is 40.2 Å². The Balaban J connectivity index is 1.48. The highest BCUT2D eigenvalue weighted by Crippen LogP contribution is 2.19. The number of hydrogen-bond acceptors (Lipinski definition) is 8. The van der Waals surface area contributed by atoms with Gasteiger partial charge in [-0.2, -0.15) is 0 Å². The van der Waals surface area contributed by atoms with E-state index in [9.17, 15) is 19.2 Å². The Morgan fingerprint density at radius 3 is 2.91 bits per heavy atom. The van der Waals surface area contributed by atoms with Gasteiger partial charge in [-0.15, -0.1) is 11.3 Å². The van der Waals surface area contributed by atoms with Gasteiger partial charge in [0.15, 0.2) is 10.9 Å². The van der Waals surface area contributed by atoms with E-state index in [2.05, 4.69) is 10.3 Å². The number of esters is 1. The van der Waals surface area contributed by atoms with Gasteiger partial charge in [0.1, 0.15) is 0 Å². The highest BCUT2D eigenvalue weighted by Gasteiger charge is 2.30. The van der Waals surface area contributed by atoms with Crippen molar-refractivity contribution in [1.29, 1.82) is 0 Å². The first-order chi connectivity index (χ1) is 15.4. The quantitative estimate of drug-likeness (QED) is 0.594. The molecular weight excluding hydrogens is 436 g/mol. The minimum atomic E-state index is -0.424. The maximum Gasteiger partial charge on any atom is 0.310 e. The average Bonchev–Trinajstić information content (AvgIpc) is 3.46. The Kier molecular flexibility index (Phi) is 7.98. The van der Waals surface area contributed by atoms with E-state index in [1.807, 2.05) is 0 Å². The van der Waals surface area contributed by atoms with Crippen molar-refractivity contribution in [3.8, 4) is 0 Å². The molecule has 3 amide bonds. The summed E-state index contributed by atoms with van der Waals surface area (Å²) in [5, 5.41) is 4.65. The summed E-state index contributed by atoms with van der Waals surface area (Å²) in [7, 11) is 1.55. The summed E-state index contributed by atoms with van der Waals surface area (Å²) in [6.45, 7) is 2.85. The zero-order chi connectivity index (χ0) is 23.1. The van der Waals surface area contributed by atoms with Crippen LogP contribution in [-0.2, 0) is 25.5 Å². The minimum Gasteiger partial charge on any atom is -0.466 e. The molecule has 1 aliphatic heterocycles. The van der Waals surface area contributed by atoms with Crippen LogP contribution in [0.25, 0.3) is 0 Å². The van der Waals surface area contributed by atoms with Crippen molar-refractivity contribution in [1.82, 2.24) is 14.8 Å². The predicted molar refractivity (Wildman–Crippen MR) is 116 cm³/mol. The predicted octanol–water partition coefficient (Wildman–Crippen LogP) is 1.79. The summed E-state index contributed by atoms with van der Waals surface area (Å²) < 4.78 is 10.1. The van der Waals surface area contributed by atoms with Crippen LogP contribution < -0.4 is 5.32 Å². The van der Waals surface area contributed by atoms with E-state index in [-0.39, 0.29) is 42.4 Å². The summed E-state index contributed by atoms with van der Waals surface area (Å²) in [6.07, 6.45) is 2.82. The molecule has 1 N–H and O–H groups in total. The zero-order valence-electron chi connectivity index (χ0n) is 18.0. The molecule has 1 unspecified atom stereocenters. The topological polar surface area (TPSA) is 122 Å². The van der Waals surface area contributed by atoms with Crippen molar-refractivity contribution < 1.29 is 28.3 Å². The van der Waals surface area contributed by atoms with Crippen LogP contribution in [0.5, 0.6) is 0 Å². The molecule has 172 valence electrons. The van der Waals surface area contributed by atoms with Crippen LogP contribution in [0.1, 0.15) is 36.0 Å². The van der Waals surface area contributed by atoms with Gasteiger partial charge >= 0.3 is 5.97 Å². The minimum absolute atomic E-state index is 0.00233. The molecular formula is C21H26N4O6S. The lowest BCUT2D eigenvalue weighted by molar-refractivity contribution is -0.152. The van der Waals surface area contributed by atoms with Crippen molar-refractivity contribution in [3.05, 3.63) is 35.2 Å². The van der Waals surface area contributed by atoms with Gasteiger partial charge in [0, 0.05) is 25.5 Å². The highest BCUT2D eigenvalue weighted by atomic mass is 32.1. The monoisotopic (exact) mass is 462 g/mol. The molecule has 0 saturated carbocycles. The first-order valence-electron chi connectivity index (χ1n) is 10.3. The molecule has 0 radical (unpaired) electrons. The number of nitrogens with one attached hydrogen (secondary N) is 1. The molecule has 2 aromatic heterocycles. The van der Waals surface area contributed by atoms with Crippen LogP contribution in [0.3, 0.4) is 0 Å². The number of ether oxygens (including phenoxy) is 1. The molecule has 11 heteroatoms. The number of carbonyl (C=O) groups excluding carboxylic acids is 4. The number of aromatic nitrogens is 1. The number of rotatable bonds is 8. The number of piperidine rings is 1. The van der Waals surface area contributed by atoms with Crippen LogP contribution in [-0.4, -0.2) is 71.8 Å². The number of hydrogen-bond donors (Lipinski definition) is 1. The highest BCUT2D eigenvalue weighted by molar-refractivity contribution is 7.14. The van der Waals surface area contributed by atoms with Crippen molar-refractivity contribution in [2.75, 3.05) is 38.6 Å². The molecule has 0 spiro atoms. The molecule has 1 saturated heterocycles. The standard InChI is InChI=1S/C21H26N4O6S/c1-3-30-20(29)14-6-4-8-25(11-14)18(27)12-24(2)17(26)10-15-13-32-21(22-15)23-19(28)16-7-5-9-31-16/h5,7,9,13-14H,3-4,6,8,10-12H2,1-2H3,(H,22,23,28). The third kappa shape index (κ3) is 6.16. The number of likely N-dealkylation sites (N-methyl/N-ethyl adjacent to an activating group) is 1. The van der Waals surface area contributed by atoms with Crippen molar-refractivity contribution in [3.63, 3.8) is 0 Å². The largest absolute Gasteiger partial charge is 0.466 e. The van der Waals surface area contributed by atoms with E-state index < -0.39 is 5.91 Å². The van der Waals surface area contributed by atoms with Crippen LogP contribution in [0.15, 0.2) is 28.2 Å². The molecule has 0 bridgehead atoms. The van der Waals surface area contributed by atoms with Crippen molar-refractivity contribution in [2.24, 2.45) is 5.92 Å². The van der Waals surface area contributed by atoms with Gasteiger partial charge in [0.05, 0.1) is 37.4 Å². The fourth-order valence-corrected chi connectivity index (χ4v) is 4.05. The third-order valence-corrected chi connectivity index (χ3v) is 5.85. The number of likely N-dealkylation sites (tertiary alicyclic amines) is 1. The number of nitrogens with zero attached hydrogens (tertiary/aromatic N) is 3. The second kappa shape index (κ2) is 10.9. The first kappa shape index (κ1) is 23.5. The van der Waals surface area contributed by atoms with Gasteiger partial charge in [-0.05, 0) is 31.9 Å². The van der Waals surface area contributed by atoms with Crippen LogP contribution in [0.2, 0.25) is 0 Å². The smallest absolute Gasteiger partial charge is 0.310 e. The molecule has 32 heavy (non-hydrogen) atoms. The Morgan fingerprint density at radius 1 is 1.38 bits per heavy atom. The van der Waals surface area contributed by atoms with Gasteiger partial charge in [-0.1, -0.05) is 0 Å². The zero-order valence-corrected chi connectivity index (χ0v) is 18.9. The Morgan fingerprint density at radius 2 is 2.19 bits per heavy atom. The van der Waals surface area contributed by atoms with E-state index in [0.29, 0.717) is 36.9 Å². The van der Waals surface area contributed by atoms with Gasteiger partial charge in [0.25, 0.3) is 5.91 Å². The molecule has 2 aromatic rings. The third-order valence-electron chi connectivity index (χ3n) is 5.04. The maximum atomic E-state index is 12.6. The average molecular weight is 463 g/mol. The van der Waals surface area contributed by atoms with Crippen LogP contribution in [0, 0.1) is 5.92 Å². The lowest BCUT2D eigenvalue weighted by atomic mass is 9.98. The summed E-state index contributed by atoms with van der Waals surface area (Å²) in [6, 6.07) is 3.15. The molecule has 3 heterocycles. The fourth-order valence-electron chi connectivity index (χ4n) is 3.35. The Bertz CT molecular complexity index is 957. The molecule has 1 aliphatic rings. The summed E-state index contributed by atoms with van der Waals surface area (Å²) in [5.74, 6) is -1.34. The molecule has 0 aromatic carbocycles. The van der Waals surface area contributed by atoms with E-state index in [1.54, 1.807) is 30.3 Å². The van der Waals surface area contributed by atoms with Crippen LogP contribution in [0.4, 0.5) is 5.13 Å². The number of furan rings is 1. The number of amides is 3. The number of anilines is 1. The summed E-state index contributed by atoms with van der Waals surface area (Å²) in [4.78, 5) is 56.4. The number of carbonyl (C=O) groups is 4. The van der Waals surface area contributed by atoms with Crippen molar-refractivity contribution in [2.45, 2.75) is 26.2 Å². The second-order valence-electron chi connectivity index (χ2n) is 7.43. The fraction of sp³-hybridized carbons (Fsp3) is 0.476. The normalized spacial score (nSPS) is 15.8. The van der Waals surface area contributed by atoms with E-state index >= 15 is 0 Å². The lowest BCUT2D eigenvalue weighted by Crippen LogP contribution is -2.47. The first-order valence-corrected chi connectivity index (χ1v) is 11.2. The molecule has 0 aliphatic carbocycles. The maximum absolute atomic E-state index is 12.6. The van der Waals surface area contributed by atoms with E-state index in [4.69, 9.17) is 9.15 Å². The SMILES string of the molecule is CCOC(=O)C1CCCN(C(=O)CN(C)C(=O)Cc2csc(NC(=O)c3ccco3)n2)C1. The van der Waals surface area contributed by atoms with Gasteiger partial charge < -0.3 is 19.0 Å². The van der Waals surface area contributed by atoms with E-state index in [0.717, 1.165) is 6.42 Å².